The molecule has 2 atom stereocenters. The Morgan fingerprint density at radius 3 is 1.64 bits per heavy atom. The first-order valence-electron chi connectivity index (χ1n) is 4.63. The average Bonchev–Trinajstić information content (AvgIpc) is 1.87. The van der Waals surface area contributed by atoms with E-state index in [9.17, 15) is 5.11 Å². The summed E-state index contributed by atoms with van der Waals surface area (Å²) < 4.78 is 0. The fourth-order valence-corrected chi connectivity index (χ4v) is 0.925. The lowest BCUT2D eigenvalue weighted by Gasteiger charge is -2.21. The van der Waals surface area contributed by atoms with Crippen LogP contribution in [0.25, 0.3) is 0 Å². The third-order valence-corrected chi connectivity index (χ3v) is 2.52. The van der Waals surface area contributed by atoms with Crippen molar-refractivity contribution in [2.45, 2.75) is 47.1 Å². The van der Waals surface area contributed by atoms with Crippen molar-refractivity contribution in [3.05, 3.63) is 0 Å². The zero-order valence-corrected chi connectivity index (χ0v) is 8.46. The predicted molar refractivity (Wildman–Crippen MR) is 49.5 cm³/mol. The molecule has 68 valence electrons. The van der Waals surface area contributed by atoms with Crippen molar-refractivity contribution < 1.29 is 5.11 Å². The lowest BCUT2D eigenvalue weighted by atomic mass is 9.89. The van der Waals surface area contributed by atoms with Gasteiger partial charge >= 0.3 is 0 Å². The van der Waals surface area contributed by atoms with E-state index in [0.717, 1.165) is 6.42 Å². The van der Waals surface area contributed by atoms with Gasteiger partial charge < -0.3 is 5.11 Å². The van der Waals surface area contributed by atoms with Crippen LogP contribution in [-0.2, 0) is 0 Å². The van der Waals surface area contributed by atoms with Crippen LogP contribution in [-0.4, -0.2) is 11.2 Å². The Morgan fingerprint density at radius 2 is 1.36 bits per heavy atom. The molecule has 1 N–H and O–H groups in total. The monoisotopic (exact) mass is 158 g/mol. The molecule has 0 saturated carbocycles. The summed E-state index contributed by atoms with van der Waals surface area (Å²) in [6.07, 6.45) is 0.822. The smallest absolute Gasteiger partial charge is 0.0565 e. The van der Waals surface area contributed by atoms with Gasteiger partial charge in [-0.25, -0.2) is 0 Å². The second-order valence-corrected chi connectivity index (χ2v) is 4.27. The Morgan fingerprint density at radius 1 is 0.909 bits per heavy atom. The predicted octanol–water partition coefficient (Wildman–Crippen LogP) is 2.69. The fraction of sp³-hybridized carbons (Fsp3) is 1.00. The van der Waals surface area contributed by atoms with E-state index in [0.29, 0.717) is 17.8 Å². The lowest BCUT2D eigenvalue weighted by molar-refractivity contribution is 0.0914. The molecule has 0 aromatic heterocycles. The Hall–Kier alpha value is -0.0400. The topological polar surface area (TPSA) is 20.2 Å². The molecule has 0 spiro atoms. The summed E-state index contributed by atoms with van der Waals surface area (Å²) in [5, 5.41) is 9.55. The average molecular weight is 158 g/mol. The Bertz CT molecular complexity index is 85.0. The van der Waals surface area contributed by atoms with Crippen LogP contribution in [0.1, 0.15) is 41.0 Å². The number of rotatable bonds is 4. The minimum atomic E-state index is -0.118. The highest BCUT2D eigenvalue weighted by molar-refractivity contribution is 4.66. The van der Waals surface area contributed by atoms with Crippen LogP contribution in [0.3, 0.4) is 0 Å². The highest BCUT2D eigenvalue weighted by Crippen LogP contribution is 2.19. The van der Waals surface area contributed by atoms with Crippen molar-refractivity contribution in [2.75, 3.05) is 0 Å². The van der Waals surface area contributed by atoms with Gasteiger partial charge in [0.2, 0.25) is 0 Å². The van der Waals surface area contributed by atoms with Gasteiger partial charge in [0.05, 0.1) is 6.10 Å². The van der Waals surface area contributed by atoms with Crippen LogP contribution >= 0.6 is 0 Å². The SMILES string of the molecule is CC(C)[C@H](C)C[C@@H](O)C(C)C. The maximum absolute atomic E-state index is 9.55. The zero-order chi connectivity index (χ0) is 9.02. The van der Waals surface area contributed by atoms with Gasteiger partial charge in [-0.1, -0.05) is 34.6 Å². The van der Waals surface area contributed by atoms with Gasteiger partial charge in [0.1, 0.15) is 0 Å². The van der Waals surface area contributed by atoms with E-state index < -0.39 is 0 Å². The first kappa shape index (κ1) is 11.0. The van der Waals surface area contributed by atoms with E-state index in [1.807, 2.05) is 0 Å². The molecule has 0 unspecified atom stereocenters. The van der Waals surface area contributed by atoms with Gasteiger partial charge in [-0.15, -0.1) is 0 Å². The summed E-state index contributed by atoms with van der Waals surface area (Å²) in [6.45, 7) is 10.8. The third-order valence-electron chi connectivity index (χ3n) is 2.52. The molecular weight excluding hydrogens is 136 g/mol. The molecule has 0 aromatic rings. The van der Waals surface area contributed by atoms with Gasteiger partial charge in [-0.3, -0.25) is 0 Å². The van der Waals surface area contributed by atoms with Gasteiger partial charge in [0.15, 0.2) is 0 Å². The minimum Gasteiger partial charge on any atom is -0.393 e. The molecule has 0 aliphatic heterocycles. The van der Waals surface area contributed by atoms with E-state index in [2.05, 4.69) is 34.6 Å². The Balaban J connectivity index is 3.66. The second kappa shape index (κ2) is 4.76. The van der Waals surface area contributed by atoms with E-state index >= 15 is 0 Å². The van der Waals surface area contributed by atoms with Crippen molar-refractivity contribution >= 4 is 0 Å². The summed E-state index contributed by atoms with van der Waals surface area (Å²) in [5.74, 6) is 1.71. The number of hydrogen-bond donors (Lipinski definition) is 1. The molecule has 1 heteroatoms. The van der Waals surface area contributed by atoms with E-state index in [4.69, 9.17) is 0 Å². The van der Waals surface area contributed by atoms with Gasteiger partial charge in [-0.2, -0.15) is 0 Å². The van der Waals surface area contributed by atoms with Crippen LogP contribution in [0.4, 0.5) is 0 Å². The standard InChI is InChI=1S/C10H22O/c1-7(2)9(5)6-10(11)8(3)4/h7-11H,6H2,1-5H3/t9-,10-/m1/s1. The van der Waals surface area contributed by atoms with Crippen molar-refractivity contribution in [1.82, 2.24) is 0 Å². The van der Waals surface area contributed by atoms with Crippen LogP contribution in [0.2, 0.25) is 0 Å². The number of aliphatic hydroxyl groups is 1. The van der Waals surface area contributed by atoms with Crippen molar-refractivity contribution in [1.29, 1.82) is 0 Å². The first-order chi connectivity index (χ1) is 4.95. The van der Waals surface area contributed by atoms with Crippen LogP contribution in [0, 0.1) is 17.8 Å². The summed E-state index contributed by atoms with van der Waals surface area (Å²) in [6, 6.07) is 0. The van der Waals surface area contributed by atoms with Gasteiger partial charge in [-0.05, 0) is 24.2 Å². The van der Waals surface area contributed by atoms with Crippen molar-refractivity contribution in [3.8, 4) is 0 Å². The molecular formula is C10H22O. The summed E-state index contributed by atoms with van der Waals surface area (Å²) >= 11 is 0. The minimum absolute atomic E-state index is 0.118. The summed E-state index contributed by atoms with van der Waals surface area (Å²) in [5.41, 5.74) is 0. The normalized spacial score (nSPS) is 17.5. The first-order valence-corrected chi connectivity index (χ1v) is 4.63. The number of aliphatic hydroxyl groups excluding tert-OH is 1. The molecule has 0 rings (SSSR count). The molecule has 0 saturated heterocycles. The van der Waals surface area contributed by atoms with Crippen molar-refractivity contribution in [2.24, 2.45) is 17.8 Å². The quantitative estimate of drug-likeness (QED) is 0.667. The molecule has 0 bridgehead atoms. The maximum Gasteiger partial charge on any atom is 0.0565 e. The van der Waals surface area contributed by atoms with E-state index in [1.165, 1.54) is 0 Å². The second-order valence-electron chi connectivity index (χ2n) is 4.27. The molecule has 0 fully saturated rings. The Kier molecular flexibility index (Phi) is 4.74. The zero-order valence-electron chi connectivity index (χ0n) is 8.46. The summed E-state index contributed by atoms with van der Waals surface area (Å²) in [4.78, 5) is 0. The largest absolute Gasteiger partial charge is 0.393 e. The molecule has 0 amide bonds. The molecule has 11 heavy (non-hydrogen) atoms. The van der Waals surface area contributed by atoms with Gasteiger partial charge in [0.25, 0.3) is 0 Å². The van der Waals surface area contributed by atoms with Crippen molar-refractivity contribution in [3.63, 3.8) is 0 Å². The third kappa shape index (κ3) is 4.41. The lowest BCUT2D eigenvalue weighted by Crippen LogP contribution is -2.20. The highest BCUT2D eigenvalue weighted by Gasteiger charge is 2.15. The molecule has 1 nitrogen and oxygen atoms in total. The molecule has 0 heterocycles. The van der Waals surface area contributed by atoms with Gasteiger partial charge in [0, 0.05) is 0 Å². The van der Waals surface area contributed by atoms with Crippen LogP contribution < -0.4 is 0 Å². The molecule has 0 aromatic carbocycles. The fourth-order valence-electron chi connectivity index (χ4n) is 0.925. The molecule has 0 aliphatic carbocycles. The number of hydrogen-bond acceptors (Lipinski definition) is 1. The van der Waals surface area contributed by atoms with E-state index in [1.54, 1.807) is 0 Å². The maximum atomic E-state index is 9.55. The van der Waals surface area contributed by atoms with E-state index in [-0.39, 0.29) is 6.10 Å². The van der Waals surface area contributed by atoms with Crippen LogP contribution in [0.15, 0.2) is 0 Å². The highest BCUT2D eigenvalue weighted by atomic mass is 16.3. The summed E-state index contributed by atoms with van der Waals surface area (Å²) in [7, 11) is 0. The van der Waals surface area contributed by atoms with Crippen LogP contribution in [0.5, 0.6) is 0 Å². The molecule has 0 aliphatic rings. The molecule has 0 radical (unpaired) electrons. The Labute approximate surface area is 70.8 Å².